The second kappa shape index (κ2) is 2.87. The van der Waals surface area contributed by atoms with Crippen molar-refractivity contribution in [3.05, 3.63) is 36.1 Å². The second-order valence-electron chi connectivity index (χ2n) is 1.65. The van der Waals surface area contributed by atoms with Crippen LogP contribution in [-0.2, 0) is 4.79 Å². The van der Waals surface area contributed by atoms with Crippen LogP contribution < -0.4 is 5.32 Å². The minimum absolute atomic E-state index is 0.646. The molecule has 1 amide bonds. The van der Waals surface area contributed by atoms with Gasteiger partial charge in [0.1, 0.15) is 0 Å². The third kappa shape index (κ3) is 1.57. The van der Waals surface area contributed by atoms with E-state index >= 15 is 0 Å². The molecule has 0 saturated heterocycles. The van der Waals surface area contributed by atoms with E-state index in [0.717, 1.165) is 5.57 Å². The van der Waals surface area contributed by atoms with Crippen LogP contribution in [-0.4, -0.2) is 6.41 Å². The standard InChI is InChI=1S/C7H7NO/c9-6-8-5-7-3-1-2-4-7/h1-6H,(H,8,9). The van der Waals surface area contributed by atoms with Crippen LogP contribution in [0.3, 0.4) is 0 Å². The molecular formula is C7H7NO. The first-order valence-corrected chi connectivity index (χ1v) is 2.68. The molecule has 0 aromatic rings. The van der Waals surface area contributed by atoms with Gasteiger partial charge in [-0.05, 0) is 5.57 Å². The van der Waals surface area contributed by atoms with E-state index in [4.69, 9.17) is 0 Å². The summed E-state index contributed by atoms with van der Waals surface area (Å²) in [6, 6.07) is 0. The van der Waals surface area contributed by atoms with Gasteiger partial charge < -0.3 is 5.32 Å². The highest BCUT2D eigenvalue weighted by Crippen LogP contribution is 2.04. The molecule has 0 radical (unpaired) electrons. The van der Waals surface area contributed by atoms with Crippen LogP contribution in [0, 0.1) is 0 Å². The van der Waals surface area contributed by atoms with E-state index in [0.29, 0.717) is 6.41 Å². The van der Waals surface area contributed by atoms with Gasteiger partial charge in [0.25, 0.3) is 0 Å². The second-order valence-corrected chi connectivity index (χ2v) is 1.65. The Kier molecular flexibility index (Phi) is 1.85. The fraction of sp³-hybridized carbons (Fsp3) is 0. The van der Waals surface area contributed by atoms with Gasteiger partial charge in [0.05, 0.1) is 0 Å². The smallest absolute Gasteiger partial charge is 0.211 e. The molecule has 0 saturated carbocycles. The van der Waals surface area contributed by atoms with Crippen molar-refractivity contribution >= 4 is 6.41 Å². The van der Waals surface area contributed by atoms with Gasteiger partial charge in [-0.2, -0.15) is 0 Å². The van der Waals surface area contributed by atoms with Crippen molar-refractivity contribution < 1.29 is 4.79 Å². The van der Waals surface area contributed by atoms with Gasteiger partial charge in [-0.25, -0.2) is 0 Å². The van der Waals surface area contributed by atoms with Crippen molar-refractivity contribution in [1.82, 2.24) is 5.32 Å². The van der Waals surface area contributed by atoms with Gasteiger partial charge in [0.15, 0.2) is 0 Å². The summed E-state index contributed by atoms with van der Waals surface area (Å²) in [7, 11) is 0. The molecule has 1 rings (SSSR count). The molecule has 2 nitrogen and oxygen atoms in total. The lowest BCUT2D eigenvalue weighted by Crippen LogP contribution is -1.99. The molecule has 0 aromatic heterocycles. The number of allylic oxidation sites excluding steroid dienone is 5. The number of carbonyl (C=O) groups excluding carboxylic acids is 1. The molecule has 0 aliphatic heterocycles. The molecule has 0 heterocycles. The zero-order chi connectivity index (χ0) is 6.53. The Balaban J connectivity index is 2.51. The van der Waals surface area contributed by atoms with Crippen LogP contribution in [0.25, 0.3) is 0 Å². The lowest BCUT2D eigenvalue weighted by molar-refractivity contribution is -0.108. The number of nitrogens with one attached hydrogen (secondary N) is 1. The largest absolute Gasteiger partial charge is 0.335 e. The average molecular weight is 121 g/mol. The van der Waals surface area contributed by atoms with E-state index in [-0.39, 0.29) is 0 Å². The van der Waals surface area contributed by atoms with Crippen molar-refractivity contribution in [1.29, 1.82) is 0 Å². The van der Waals surface area contributed by atoms with E-state index in [1.807, 2.05) is 24.3 Å². The van der Waals surface area contributed by atoms with Gasteiger partial charge in [0.2, 0.25) is 6.41 Å². The van der Waals surface area contributed by atoms with E-state index in [2.05, 4.69) is 5.32 Å². The van der Waals surface area contributed by atoms with Gasteiger partial charge in [-0.1, -0.05) is 24.3 Å². The fourth-order valence-electron chi connectivity index (χ4n) is 0.615. The summed E-state index contributed by atoms with van der Waals surface area (Å²) in [5, 5.41) is 2.45. The molecule has 1 N–H and O–H groups in total. The zero-order valence-corrected chi connectivity index (χ0v) is 4.87. The van der Waals surface area contributed by atoms with E-state index in [9.17, 15) is 4.79 Å². The fourth-order valence-corrected chi connectivity index (χ4v) is 0.615. The number of amides is 1. The monoisotopic (exact) mass is 121 g/mol. The summed E-state index contributed by atoms with van der Waals surface area (Å²) in [6.07, 6.45) is 9.95. The molecule has 0 aromatic carbocycles. The zero-order valence-electron chi connectivity index (χ0n) is 4.87. The maximum Gasteiger partial charge on any atom is 0.211 e. The maximum atomic E-state index is 9.76. The highest BCUT2D eigenvalue weighted by atomic mass is 16.1. The highest BCUT2D eigenvalue weighted by Gasteiger charge is 1.87. The molecule has 1 aliphatic carbocycles. The highest BCUT2D eigenvalue weighted by molar-refractivity contribution is 5.50. The number of rotatable bonds is 2. The van der Waals surface area contributed by atoms with Gasteiger partial charge in [-0.15, -0.1) is 0 Å². The Labute approximate surface area is 53.6 Å². The van der Waals surface area contributed by atoms with Gasteiger partial charge in [0, 0.05) is 6.20 Å². The lowest BCUT2D eigenvalue weighted by atomic mass is 10.3. The predicted molar refractivity (Wildman–Crippen MR) is 35.6 cm³/mol. The molecule has 0 spiro atoms. The van der Waals surface area contributed by atoms with Gasteiger partial charge >= 0.3 is 0 Å². The molecule has 0 atom stereocenters. The summed E-state index contributed by atoms with van der Waals surface area (Å²) < 4.78 is 0. The Hall–Kier alpha value is -1.31. The van der Waals surface area contributed by atoms with Crippen LogP contribution in [0.1, 0.15) is 0 Å². The van der Waals surface area contributed by atoms with Crippen molar-refractivity contribution in [2.24, 2.45) is 0 Å². The topological polar surface area (TPSA) is 29.1 Å². The SMILES string of the molecule is O=CNC=C1C=CC=C1. The van der Waals surface area contributed by atoms with Crippen LogP contribution >= 0.6 is 0 Å². The van der Waals surface area contributed by atoms with Crippen molar-refractivity contribution in [3.63, 3.8) is 0 Å². The Morgan fingerprint density at radius 2 is 2.00 bits per heavy atom. The molecule has 2 heteroatoms. The third-order valence-corrected chi connectivity index (χ3v) is 1.01. The van der Waals surface area contributed by atoms with Gasteiger partial charge in [-0.3, -0.25) is 4.79 Å². The molecular weight excluding hydrogens is 114 g/mol. The van der Waals surface area contributed by atoms with Crippen LogP contribution in [0.2, 0.25) is 0 Å². The molecule has 46 valence electrons. The maximum absolute atomic E-state index is 9.76. The molecule has 9 heavy (non-hydrogen) atoms. The summed E-state index contributed by atoms with van der Waals surface area (Å²) in [5.41, 5.74) is 1.02. The minimum atomic E-state index is 0.646. The number of carbonyl (C=O) groups is 1. The third-order valence-electron chi connectivity index (χ3n) is 1.01. The van der Waals surface area contributed by atoms with Crippen molar-refractivity contribution in [3.8, 4) is 0 Å². The Morgan fingerprint density at radius 1 is 1.33 bits per heavy atom. The minimum Gasteiger partial charge on any atom is -0.335 e. The van der Waals surface area contributed by atoms with E-state index in [1.54, 1.807) is 6.20 Å². The quantitative estimate of drug-likeness (QED) is 0.536. The normalized spacial score (nSPS) is 14.0. The Morgan fingerprint density at radius 3 is 2.56 bits per heavy atom. The molecule has 0 bridgehead atoms. The average Bonchev–Trinajstić information content (AvgIpc) is 2.34. The lowest BCUT2D eigenvalue weighted by Gasteiger charge is -1.85. The van der Waals surface area contributed by atoms with Crippen LogP contribution in [0.15, 0.2) is 36.1 Å². The van der Waals surface area contributed by atoms with Crippen LogP contribution in [0.4, 0.5) is 0 Å². The van der Waals surface area contributed by atoms with E-state index in [1.165, 1.54) is 0 Å². The Bertz CT molecular complexity index is 175. The first kappa shape index (κ1) is 5.82. The summed E-state index contributed by atoms with van der Waals surface area (Å²) in [5.74, 6) is 0. The van der Waals surface area contributed by atoms with Crippen molar-refractivity contribution in [2.45, 2.75) is 0 Å². The predicted octanol–water partition coefficient (Wildman–Crippen LogP) is 0.742. The summed E-state index contributed by atoms with van der Waals surface area (Å²) in [6.45, 7) is 0. The summed E-state index contributed by atoms with van der Waals surface area (Å²) in [4.78, 5) is 9.76. The summed E-state index contributed by atoms with van der Waals surface area (Å²) >= 11 is 0. The first-order chi connectivity index (χ1) is 4.43. The van der Waals surface area contributed by atoms with E-state index < -0.39 is 0 Å². The molecule has 0 unspecified atom stereocenters. The molecule has 1 aliphatic rings. The van der Waals surface area contributed by atoms with Crippen LogP contribution in [0.5, 0.6) is 0 Å². The first-order valence-electron chi connectivity index (χ1n) is 2.68. The number of hydrogen-bond donors (Lipinski definition) is 1. The van der Waals surface area contributed by atoms with Crippen molar-refractivity contribution in [2.75, 3.05) is 0 Å². The number of hydrogen-bond acceptors (Lipinski definition) is 1. The molecule has 0 fully saturated rings.